The first-order chi connectivity index (χ1) is 12.4. The second-order valence-electron chi connectivity index (χ2n) is 5.86. The van der Waals surface area contributed by atoms with Gasteiger partial charge in [0.05, 0.1) is 11.0 Å². The fourth-order valence-corrected chi connectivity index (χ4v) is 3.84. The second kappa shape index (κ2) is 8.05. The summed E-state index contributed by atoms with van der Waals surface area (Å²) in [6.07, 6.45) is -0.00812. The summed E-state index contributed by atoms with van der Waals surface area (Å²) >= 11 is 3.39. The number of benzene rings is 2. The SMILES string of the molecule is O=c1[nH]c2cc(Br)cc(CN(Cc3ccccc3)C[P+](=O)O)c2[nH]c1=O. The monoisotopic (exact) mass is 436 g/mol. The molecule has 0 spiro atoms. The lowest BCUT2D eigenvalue weighted by molar-refractivity contribution is 0.291. The standard InChI is InChI=1S/C17H15BrN3O4P/c18-13-6-12(15-14(7-13)19-16(22)17(23)20-15)9-21(10-26(24)25)8-11-4-2-1-3-5-11/h1-7H,8-10H2,(H2-,19,20,22,23,24,25)/p+1. The summed E-state index contributed by atoms with van der Waals surface area (Å²) in [4.78, 5) is 39.6. The van der Waals surface area contributed by atoms with Gasteiger partial charge in [-0.2, -0.15) is 4.89 Å². The Morgan fingerprint density at radius 2 is 1.73 bits per heavy atom. The molecule has 0 saturated heterocycles. The molecule has 3 N–H and O–H groups in total. The Kier molecular flexibility index (Phi) is 5.78. The van der Waals surface area contributed by atoms with Crippen molar-refractivity contribution in [3.8, 4) is 0 Å². The van der Waals surface area contributed by atoms with E-state index in [1.807, 2.05) is 41.3 Å². The van der Waals surface area contributed by atoms with Gasteiger partial charge >= 0.3 is 19.1 Å². The maximum absolute atomic E-state index is 11.7. The number of rotatable bonds is 6. The van der Waals surface area contributed by atoms with Crippen LogP contribution >= 0.6 is 24.0 Å². The molecule has 2 aromatic carbocycles. The van der Waals surface area contributed by atoms with Crippen LogP contribution in [0.1, 0.15) is 11.1 Å². The van der Waals surface area contributed by atoms with Gasteiger partial charge in [0.15, 0.2) is 0 Å². The Labute approximate surface area is 157 Å². The molecule has 3 aromatic rings. The topological polar surface area (TPSA) is 106 Å². The number of hydrogen-bond donors (Lipinski definition) is 3. The van der Waals surface area contributed by atoms with Gasteiger partial charge in [-0.05, 0) is 27.8 Å². The Morgan fingerprint density at radius 1 is 1.04 bits per heavy atom. The van der Waals surface area contributed by atoms with Crippen molar-refractivity contribution in [2.45, 2.75) is 13.1 Å². The van der Waals surface area contributed by atoms with Gasteiger partial charge in [-0.1, -0.05) is 46.3 Å². The van der Waals surface area contributed by atoms with Gasteiger partial charge in [-0.15, -0.1) is 0 Å². The Bertz CT molecular complexity index is 1070. The van der Waals surface area contributed by atoms with Gasteiger partial charge in [-0.25, -0.2) is 0 Å². The Balaban J connectivity index is 2.00. The molecular formula is C17H16BrN3O4P+. The summed E-state index contributed by atoms with van der Waals surface area (Å²) in [5.41, 5.74) is 1.28. The maximum Gasteiger partial charge on any atom is 0.521 e. The molecule has 134 valence electrons. The summed E-state index contributed by atoms with van der Waals surface area (Å²) in [6.45, 7) is 0.804. The maximum atomic E-state index is 11.7. The van der Waals surface area contributed by atoms with Crippen LogP contribution in [0, 0.1) is 0 Å². The summed E-state index contributed by atoms with van der Waals surface area (Å²) in [5.74, 6) is 0. The van der Waals surface area contributed by atoms with E-state index in [1.54, 1.807) is 6.07 Å². The van der Waals surface area contributed by atoms with E-state index < -0.39 is 19.1 Å². The number of H-pyrrole nitrogens is 2. The van der Waals surface area contributed by atoms with Gasteiger partial charge in [0.1, 0.15) is 0 Å². The van der Waals surface area contributed by atoms with Crippen LogP contribution in [0.4, 0.5) is 0 Å². The molecular weight excluding hydrogens is 421 g/mol. The molecule has 7 nitrogen and oxygen atoms in total. The van der Waals surface area contributed by atoms with Crippen LogP contribution in [-0.2, 0) is 17.7 Å². The fraction of sp³-hybridized carbons (Fsp3) is 0.176. The van der Waals surface area contributed by atoms with E-state index in [-0.39, 0.29) is 6.29 Å². The van der Waals surface area contributed by atoms with E-state index in [2.05, 4.69) is 25.9 Å². The van der Waals surface area contributed by atoms with Crippen molar-refractivity contribution >= 4 is 35.0 Å². The molecule has 9 heteroatoms. The van der Waals surface area contributed by atoms with Crippen molar-refractivity contribution in [3.63, 3.8) is 0 Å². The molecule has 0 aliphatic heterocycles. The average molecular weight is 437 g/mol. The summed E-state index contributed by atoms with van der Waals surface area (Å²) < 4.78 is 12.1. The third-order valence-corrected chi connectivity index (χ3v) is 4.94. The predicted octanol–water partition coefficient (Wildman–Crippen LogP) is 2.67. The van der Waals surface area contributed by atoms with E-state index in [4.69, 9.17) is 0 Å². The van der Waals surface area contributed by atoms with Gasteiger partial charge in [0.2, 0.25) is 6.29 Å². The minimum absolute atomic E-state index is 0.00812. The van der Waals surface area contributed by atoms with Crippen LogP contribution in [0.15, 0.2) is 56.5 Å². The Hall–Kier alpha value is -2.12. The highest BCUT2D eigenvalue weighted by atomic mass is 79.9. The number of nitrogens with one attached hydrogen (secondary N) is 2. The molecule has 0 fully saturated rings. The normalized spacial score (nSPS) is 11.9. The van der Waals surface area contributed by atoms with Gasteiger partial charge in [0.25, 0.3) is 0 Å². The molecule has 3 rings (SSSR count). The highest BCUT2D eigenvalue weighted by molar-refractivity contribution is 9.10. The first-order valence-electron chi connectivity index (χ1n) is 7.77. The van der Waals surface area contributed by atoms with Crippen molar-refractivity contribution in [3.05, 3.63) is 78.8 Å². The van der Waals surface area contributed by atoms with Crippen molar-refractivity contribution < 1.29 is 9.46 Å². The van der Waals surface area contributed by atoms with Gasteiger partial charge < -0.3 is 9.97 Å². The quantitative estimate of drug-likeness (QED) is 0.406. The smallest absolute Gasteiger partial charge is 0.316 e. The molecule has 26 heavy (non-hydrogen) atoms. The highest BCUT2D eigenvalue weighted by Gasteiger charge is 2.20. The van der Waals surface area contributed by atoms with Crippen LogP contribution in [0.5, 0.6) is 0 Å². The molecule has 1 atom stereocenters. The molecule has 1 aromatic heterocycles. The molecule has 0 saturated carbocycles. The minimum Gasteiger partial charge on any atom is -0.316 e. The number of hydrogen-bond acceptors (Lipinski definition) is 4. The lowest BCUT2D eigenvalue weighted by Gasteiger charge is -2.18. The van der Waals surface area contributed by atoms with Gasteiger partial charge in [0, 0.05) is 17.6 Å². The fourth-order valence-electron chi connectivity index (χ4n) is 2.79. The van der Waals surface area contributed by atoms with Crippen LogP contribution < -0.4 is 11.1 Å². The molecule has 0 amide bonds. The minimum atomic E-state index is -2.36. The summed E-state index contributed by atoms with van der Waals surface area (Å²) in [6, 6.07) is 13.1. The molecule has 0 bridgehead atoms. The third-order valence-electron chi connectivity index (χ3n) is 3.84. The summed E-state index contributed by atoms with van der Waals surface area (Å²) in [5, 5.41) is 0. The second-order valence-corrected chi connectivity index (χ2v) is 7.76. The van der Waals surface area contributed by atoms with E-state index in [9.17, 15) is 19.0 Å². The zero-order valence-electron chi connectivity index (χ0n) is 13.6. The number of nitrogens with zero attached hydrogens (tertiary/aromatic N) is 1. The number of halogens is 1. The number of aromatic amines is 2. The van der Waals surface area contributed by atoms with E-state index in [1.165, 1.54) is 0 Å². The lowest BCUT2D eigenvalue weighted by atomic mass is 10.1. The first-order valence-corrected chi connectivity index (χ1v) is 9.96. The molecule has 0 radical (unpaired) electrons. The molecule has 0 aliphatic rings. The summed E-state index contributed by atoms with van der Waals surface area (Å²) in [7, 11) is -2.36. The zero-order chi connectivity index (χ0) is 18.7. The largest absolute Gasteiger partial charge is 0.521 e. The van der Waals surface area contributed by atoms with E-state index in [0.717, 1.165) is 15.6 Å². The number of aromatic nitrogens is 2. The molecule has 1 heterocycles. The highest BCUT2D eigenvalue weighted by Crippen LogP contribution is 2.25. The van der Waals surface area contributed by atoms with Crippen molar-refractivity contribution in [2.24, 2.45) is 0 Å². The van der Waals surface area contributed by atoms with Crippen LogP contribution in [0.25, 0.3) is 11.0 Å². The average Bonchev–Trinajstić information content (AvgIpc) is 2.57. The molecule has 1 unspecified atom stereocenters. The molecule has 0 aliphatic carbocycles. The number of fused-ring (bicyclic) bond motifs is 1. The van der Waals surface area contributed by atoms with Gasteiger partial charge in [-0.3, -0.25) is 14.5 Å². The van der Waals surface area contributed by atoms with E-state index in [0.29, 0.717) is 24.1 Å². The van der Waals surface area contributed by atoms with Crippen molar-refractivity contribution in [1.29, 1.82) is 0 Å². The Morgan fingerprint density at radius 3 is 2.42 bits per heavy atom. The predicted molar refractivity (Wildman–Crippen MR) is 103 cm³/mol. The van der Waals surface area contributed by atoms with Crippen LogP contribution in [-0.4, -0.2) is 26.0 Å². The van der Waals surface area contributed by atoms with Crippen LogP contribution in [0.3, 0.4) is 0 Å². The first kappa shape index (κ1) is 18.7. The zero-order valence-corrected chi connectivity index (χ0v) is 16.1. The van der Waals surface area contributed by atoms with Crippen molar-refractivity contribution in [1.82, 2.24) is 14.9 Å². The van der Waals surface area contributed by atoms with Crippen molar-refractivity contribution in [2.75, 3.05) is 6.29 Å². The lowest BCUT2D eigenvalue weighted by Crippen LogP contribution is -2.30. The van der Waals surface area contributed by atoms with E-state index >= 15 is 0 Å². The third kappa shape index (κ3) is 4.53. The van der Waals surface area contributed by atoms with Crippen LogP contribution in [0.2, 0.25) is 0 Å².